The van der Waals surface area contributed by atoms with Crippen LogP contribution >= 0.6 is 0 Å². The van der Waals surface area contributed by atoms with Gasteiger partial charge in [0.1, 0.15) is 13.1 Å². The minimum Gasteiger partial charge on any atom is -0.205 e. The van der Waals surface area contributed by atoms with E-state index in [0.29, 0.717) is 0 Å². The monoisotopic (exact) mass is 254 g/mol. The zero-order chi connectivity index (χ0) is 12.9. The average molecular weight is 254 g/mol. The molecule has 5 rings (SSSR count). The molecule has 0 radical (unpaired) electrons. The smallest absolute Gasteiger partial charge is 0.169 e. The lowest BCUT2D eigenvalue weighted by Crippen LogP contribution is -2.32. The van der Waals surface area contributed by atoms with Crippen molar-refractivity contribution in [2.75, 3.05) is 0 Å². The van der Waals surface area contributed by atoms with Gasteiger partial charge < -0.3 is 0 Å². The number of fused-ring (bicyclic) bond motifs is 2. The van der Waals surface area contributed by atoms with Gasteiger partial charge in [-0.2, -0.15) is 0 Å². The number of pyridine rings is 2. The van der Waals surface area contributed by atoms with Crippen molar-refractivity contribution in [3.63, 3.8) is 0 Å². The van der Waals surface area contributed by atoms with E-state index >= 15 is 0 Å². The Morgan fingerprint density at radius 1 is 0.526 bits per heavy atom. The van der Waals surface area contributed by atoms with Crippen LogP contribution in [0.1, 0.15) is 32.1 Å². The molecule has 98 valence electrons. The summed E-state index contributed by atoms with van der Waals surface area (Å²) in [6, 6.07) is 8.89. The molecule has 2 aromatic rings. The molecule has 0 saturated heterocycles. The van der Waals surface area contributed by atoms with Crippen LogP contribution in [0.25, 0.3) is 11.1 Å². The molecule has 0 aromatic carbocycles. The Morgan fingerprint density at radius 2 is 0.895 bits per heavy atom. The number of aryl methyl sites for hydroxylation is 2. The maximum absolute atomic E-state index is 2.30. The lowest BCUT2D eigenvalue weighted by atomic mass is 10.1. The van der Waals surface area contributed by atoms with Crippen LogP contribution in [0.4, 0.5) is 0 Å². The summed E-state index contributed by atoms with van der Waals surface area (Å²) in [5, 5.41) is 0. The predicted molar refractivity (Wildman–Crippen MR) is 75.4 cm³/mol. The van der Waals surface area contributed by atoms with Gasteiger partial charge in [-0.05, 0) is 24.0 Å². The van der Waals surface area contributed by atoms with E-state index in [1.54, 1.807) is 0 Å². The molecule has 19 heavy (non-hydrogen) atoms. The van der Waals surface area contributed by atoms with Gasteiger partial charge in [0.15, 0.2) is 24.8 Å². The Balaban J connectivity index is 1.89. The van der Waals surface area contributed by atoms with E-state index in [2.05, 4.69) is 58.2 Å². The van der Waals surface area contributed by atoms with Gasteiger partial charge >= 0.3 is 0 Å². The first-order valence-corrected chi connectivity index (χ1v) is 7.40. The molecule has 3 aliphatic heterocycles. The second kappa shape index (κ2) is 5.96. The molecule has 3 aliphatic rings. The summed E-state index contributed by atoms with van der Waals surface area (Å²) in [6.07, 6.45) is 15.5. The van der Waals surface area contributed by atoms with E-state index in [-0.39, 0.29) is 0 Å². The van der Waals surface area contributed by atoms with Crippen molar-refractivity contribution in [2.45, 2.75) is 45.2 Å². The SMILES string of the molecule is c1c[n+]2ccc1-c1cc[n+](cc1)CCCCCCC2. The molecule has 5 heterocycles. The minimum atomic E-state index is 1.15. The Kier molecular flexibility index (Phi) is 3.87. The van der Waals surface area contributed by atoms with Gasteiger partial charge in [0, 0.05) is 37.1 Å². The molecule has 0 amide bonds. The molecule has 0 atom stereocenters. The van der Waals surface area contributed by atoms with Crippen molar-refractivity contribution >= 4 is 0 Å². The van der Waals surface area contributed by atoms with Gasteiger partial charge in [-0.1, -0.05) is 6.42 Å². The van der Waals surface area contributed by atoms with E-state index in [9.17, 15) is 0 Å². The first-order valence-electron chi connectivity index (χ1n) is 7.40. The lowest BCUT2D eigenvalue weighted by molar-refractivity contribution is -0.697. The number of hydrogen-bond acceptors (Lipinski definition) is 0. The standard InChI is InChI=1S/C17H22N2/c1-2-4-10-18-12-6-16(7-13-18)17-8-14-19(15-9-17)11-5-3-1/h6-9,12-15H,1-5,10-11H2/q+2. The Morgan fingerprint density at radius 3 is 1.32 bits per heavy atom. The summed E-state index contributed by atoms with van der Waals surface area (Å²) < 4.78 is 4.60. The molecular weight excluding hydrogens is 232 g/mol. The van der Waals surface area contributed by atoms with Gasteiger partial charge in [0.05, 0.1) is 0 Å². The molecule has 0 fully saturated rings. The molecular formula is C17H22N2+2. The summed E-state index contributed by atoms with van der Waals surface area (Å²) in [5.74, 6) is 0. The van der Waals surface area contributed by atoms with Gasteiger partial charge in [0.25, 0.3) is 0 Å². The largest absolute Gasteiger partial charge is 0.205 e. The topological polar surface area (TPSA) is 7.76 Å². The molecule has 2 aromatic heterocycles. The maximum Gasteiger partial charge on any atom is 0.169 e. The Bertz CT molecular complexity index is 464. The van der Waals surface area contributed by atoms with Crippen LogP contribution in [0.15, 0.2) is 49.1 Å². The second-order valence-corrected chi connectivity index (χ2v) is 5.42. The zero-order valence-electron chi connectivity index (χ0n) is 11.5. The molecule has 0 spiro atoms. The van der Waals surface area contributed by atoms with Crippen molar-refractivity contribution < 1.29 is 9.13 Å². The summed E-state index contributed by atoms with van der Waals surface area (Å²) >= 11 is 0. The highest BCUT2D eigenvalue weighted by atomic mass is 14.9. The number of aromatic nitrogens is 2. The van der Waals surface area contributed by atoms with Gasteiger partial charge in [-0.25, -0.2) is 9.13 Å². The van der Waals surface area contributed by atoms with Crippen LogP contribution in [0.5, 0.6) is 0 Å². The summed E-state index contributed by atoms with van der Waals surface area (Å²) in [7, 11) is 0. The molecule has 2 heteroatoms. The Hall–Kier alpha value is -1.70. The minimum absolute atomic E-state index is 1.15. The molecule has 2 nitrogen and oxygen atoms in total. The third kappa shape index (κ3) is 3.19. The Labute approximate surface area is 115 Å². The van der Waals surface area contributed by atoms with E-state index in [1.165, 1.54) is 43.2 Å². The van der Waals surface area contributed by atoms with Crippen molar-refractivity contribution in [3.8, 4) is 11.1 Å². The van der Waals surface area contributed by atoms with Gasteiger partial charge in [0.2, 0.25) is 0 Å². The first kappa shape index (κ1) is 12.3. The summed E-state index contributed by atoms with van der Waals surface area (Å²) in [6.45, 7) is 2.29. The van der Waals surface area contributed by atoms with Crippen molar-refractivity contribution in [1.82, 2.24) is 0 Å². The van der Waals surface area contributed by atoms with Gasteiger partial charge in [-0.15, -0.1) is 0 Å². The molecule has 0 unspecified atom stereocenters. The highest BCUT2D eigenvalue weighted by Crippen LogP contribution is 2.16. The van der Waals surface area contributed by atoms with E-state index in [4.69, 9.17) is 0 Å². The normalized spacial score (nSPS) is 16.0. The summed E-state index contributed by atoms with van der Waals surface area (Å²) in [5.41, 5.74) is 2.61. The van der Waals surface area contributed by atoms with Crippen molar-refractivity contribution in [3.05, 3.63) is 49.1 Å². The first-order chi connectivity index (χ1) is 9.42. The van der Waals surface area contributed by atoms with E-state index < -0.39 is 0 Å². The van der Waals surface area contributed by atoms with Crippen molar-refractivity contribution in [1.29, 1.82) is 0 Å². The van der Waals surface area contributed by atoms with Crippen molar-refractivity contribution in [2.24, 2.45) is 0 Å². The third-order valence-corrected chi connectivity index (χ3v) is 3.95. The van der Waals surface area contributed by atoms with Crippen LogP contribution in [0.3, 0.4) is 0 Å². The number of hydrogen-bond donors (Lipinski definition) is 0. The fraction of sp³-hybridized carbons (Fsp3) is 0.412. The molecule has 4 bridgehead atoms. The van der Waals surface area contributed by atoms with E-state index in [0.717, 1.165) is 13.1 Å². The van der Waals surface area contributed by atoms with Crippen LogP contribution < -0.4 is 9.13 Å². The lowest BCUT2D eigenvalue weighted by Gasteiger charge is -2.00. The number of nitrogens with zero attached hydrogens (tertiary/aromatic N) is 2. The maximum atomic E-state index is 2.30. The zero-order valence-corrected chi connectivity index (χ0v) is 11.5. The molecule has 0 saturated carbocycles. The quantitative estimate of drug-likeness (QED) is 0.639. The average Bonchev–Trinajstić information content (AvgIpc) is 2.49. The van der Waals surface area contributed by atoms with Crippen LogP contribution in [-0.4, -0.2) is 0 Å². The third-order valence-electron chi connectivity index (χ3n) is 3.95. The fourth-order valence-corrected chi connectivity index (χ4v) is 2.72. The predicted octanol–water partition coefficient (Wildman–Crippen LogP) is 2.89. The van der Waals surface area contributed by atoms with Crippen LogP contribution in [0.2, 0.25) is 0 Å². The molecule has 0 aliphatic carbocycles. The highest BCUT2D eigenvalue weighted by molar-refractivity contribution is 5.60. The highest BCUT2D eigenvalue weighted by Gasteiger charge is 2.07. The summed E-state index contributed by atoms with van der Waals surface area (Å²) in [4.78, 5) is 0. The second-order valence-electron chi connectivity index (χ2n) is 5.42. The van der Waals surface area contributed by atoms with Crippen LogP contribution in [0, 0.1) is 0 Å². The van der Waals surface area contributed by atoms with E-state index in [1.807, 2.05) is 0 Å². The fourth-order valence-electron chi connectivity index (χ4n) is 2.72. The molecule has 0 N–H and O–H groups in total. The number of rotatable bonds is 0. The van der Waals surface area contributed by atoms with Crippen LogP contribution in [-0.2, 0) is 13.1 Å². The van der Waals surface area contributed by atoms with Gasteiger partial charge in [-0.3, -0.25) is 0 Å².